The van der Waals surface area contributed by atoms with Crippen LogP contribution in [-0.2, 0) is 32.1 Å². The molecule has 0 spiro atoms. The van der Waals surface area contributed by atoms with Crippen LogP contribution in [0.1, 0.15) is 44.7 Å². The number of nitrogens with one attached hydrogen (secondary N) is 1. The second kappa shape index (κ2) is 11.1. The quantitative estimate of drug-likeness (QED) is 0.422. The van der Waals surface area contributed by atoms with Crippen molar-refractivity contribution in [2.24, 2.45) is 16.7 Å². The molecular weight excluding hydrogens is 505 g/mol. The third-order valence-corrected chi connectivity index (χ3v) is 8.33. The first-order chi connectivity index (χ1) is 16.9. The summed E-state index contributed by atoms with van der Waals surface area (Å²) in [6.45, 7) is 5.45. The summed E-state index contributed by atoms with van der Waals surface area (Å²) in [6.07, 6.45) is 1.02. The van der Waals surface area contributed by atoms with E-state index in [-0.39, 0.29) is 18.9 Å². The molecule has 1 fully saturated rings. The molecule has 3 atom stereocenters. The van der Waals surface area contributed by atoms with Crippen LogP contribution in [0, 0.1) is 16.7 Å². The van der Waals surface area contributed by atoms with Crippen molar-refractivity contribution in [1.82, 2.24) is 5.32 Å². The fraction of sp³-hybridized carbons (Fsp3) is 0.444. The van der Waals surface area contributed by atoms with Gasteiger partial charge in [0.15, 0.2) is 0 Å². The lowest BCUT2D eigenvalue weighted by Crippen LogP contribution is -2.50. The predicted molar refractivity (Wildman–Crippen MR) is 137 cm³/mol. The molecule has 2 aromatic rings. The average molecular weight is 536 g/mol. The Morgan fingerprint density at radius 3 is 2.22 bits per heavy atom. The van der Waals surface area contributed by atoms with Crippen LogP contribution in [0.5, 0.6) is 5.75 Å². The summed E-state index contributed by atoms with van der Waals surface area (Å²) >= 11 is 12.4. The number of aliphatic carboxylic acids is 1. The molecule has 1 saturated carbocycles. The summed E-state index contributed by atoms with van der Waals surface area (Å²) in [5.41, 5.74) is -0.338. The maximum Gasteiger partial charge on any atom is 0.328 e. The van der Waals surface area contributed by atoms with Gasteiger partial charge in [-0.25, -0.2) is 4.79 Å². The number of ether oxygens (including phenoxy) is 2. The molecular formula is C27H31Cl2NO6. The van der Waals surface area contributed by atoms with Crippen molar-refractivity contribution in [3.63, 3.8) is 0 Å². The maximum absolute atomic E-state index is 13.2. The van der Waals surface area contributed by atoms with Gasteiger partial charge in [0, 0.05) is 27.9 Å². The standard InChI is InChI=1S/C27H31Cl2NO6/c1-26(2)19(12-13-27(26,3)25(33)34)23(31)30-22(24(32)35-4)14-16-8-10-17(11-9-16)36-15-18-20(28)6-5-7-21(18)29/h5-11,19,22H,12-15H2,1-4H3,(H,30,31)(H,33,34)/t19-,22+,27+/m1/s1. The number of halogens is 2. The lowest BCUT2D eigenvalue weighted by atomic mass is 9.65. The molecule has 1 aliphatic carbocycles. The van der Waals surface area contributed by atoms with Crippen molar-refractivity contribution in [2.75, 3.05) is 7.11 Å². The SMILES string of the molecule is COC(=O)[C@H](Cc1ccc(OCc2c(Cl)cccc2Cl)cc1)NC(=O)[C@H]1CC[C@@](C)(C(=O)O)C1(C)C. The van der Waals surface area contributed by atoms with Gasteiger partial charge in [0.05, 0.1) is 12.5 Å². The normalized spacial score (nSPS) is 21.4. The zero-order valence-corrected chi connectivity index (χ0v) is 22.3. The topological polar surface area (TPSA) is 102 Å². The highest BCUT2D eigenvalue weighted by atomic mass is 35.5. The lowest BCUT2D eigenvalue weighted by Gasteiger charge is -2.38. The van der Waals surface area contributed by atoms with Crippen molar-refractivity contribution in [3.8, 4) is 5.75 Å². The van der Waals surface area contributed by atoms with Crippen LogP contribution in [-0.4, -0.2) is 36.1 Å². The molecule has 7 nitrogen and oxygen atoms in total. The van der Waals surface area contributed by atoms with Crippen molar-refractivity contribution < 1.29 is 29.0 Å². The molecule has 2 N–H and O–H groups in total. The molecule has 1 aliphatic rings. The Hall–Kier alpha value is -2.77. The highest BCUT2D eigenvalue weighted by Crippen LogP contribution is 2.56. The van der Waals surface area contributed by atoms with Gasteiger partial charge in [-0.15, -0.1) is 0 Å². The number of carbonyl (C=O) groups is 3. The Morgan fingerprint density at radius 2 is 1.69 bits per heavy atom. The monoisotopic (exact) mass is 535 g/mol. The van der Waals surface area contributed by atoms with E-state index < -0.39 is 34.7 Å². The fourth-order valence-electron chi connectivity index (χ4n) is 4.73. The first-order valence-corrected chi connectivity index (χ1v) is 12.4. The number of carbonyl (C=O) groups excluding carboxylic acids is 2. The van der Waals surface area contributed by atoms with Gasteiger partial charge in [0.25, 0.3) is 0 Å². The largest absolute Gasteiger partial charge is 0.489 e. The zero-order valence-electron chi connectivity index (χ0n) is 20.8. The molecule has 0 bridgehead atoms. The van der Waals surface area contributed by atoms with Crippen molar-refractivity contribution in [2.45, 2.75) is 52.7 Å². The Labute approximate surface area is 221 Å². The lowest BCUT2D eigenvalue weighted by molar-refractivity contribution is -0.156. The van der Waals surface area contributed by atoms with E-state index in [0.29, 0.717) is 34.2 Å². The number of hydrogen-bond acceptors (Lipinski definition) is 5. The number of amides is 1. The number of carboxylic acids is 1. The maximum atomic E-state index is 13.2. The van der Waals surface area contributed by atoms with Gasteiger partial charge in [-0.05, 0) is 55.0 Å². The van der Waals surface area contributed by atoms with E-state index in [4.69, 9.17) is 32.7 Å². The highest BCUT2D eigenvalue weighted by Gasteiger charge is 2.58. The molecule has 9 heteroatoms. The number of esters is 1. The summed E-state index contributed by atoms with van der Waals surface area (Å²) in [7, 11) is 1.26. The number of hydrogen-bond donors (Lipinski definition) is 2. The Bertz CT molecular complexity index is 1110. The van der Waals surface area contributed by atoms with Gasteiger partial charge in [-0.1, -0.05) is 55.2 Å². The van der Waals surface area contributed by atoms with Crippen LogP contribution in [0.4, 0.5) is 0 Å². The van der Waals surface area contributed by atoms with Gasteiger partial charge in [0.1, 0.15) is 18.4 Å². The van der Waals surface area contributed by atoms with Gasteiger partial charge >= 0.3 is 11.9 Å². The molecule has 1 amide bonds. The van der Waals surface area contributed by atoms with E-state index in [0.717, 1.165) is 5.56 Å². The molecule has 194 valence electrons. The van der Waals surface area contributed by atoms with Crippen molar-refractivity contribution in [1.29, 1.82) is 0 Å². The summed E-state index contributed by atoms with van der Waals surface area (Å²) in [5, 5.41) is 13.6. The summed E-state index contributed by atoms with van der Waals surface area (Å²) in [6, 6.07) is 11.4. The summed E-state index contributed by atoms with van der Waals surface area (Å²) in [4.78, 5) is 37.5. The van der Waals surface area contributed by atoms with Crippen LogP contribution >= 0.6 is 23.2 Å². The van der Waals surface area contributed by atoms with Crippen LogP contribution < -0.4 is 10.1 Å². The minimum Gasteiger partial charge on any atom is -0.489 e. The number of carboxylic acid groups (broad SMARTS) is 1. The van der Waals surface area contributed by atoms with Crippen LogP contribution in [0.2, 0.25) is 10.0 Å². The van der Waals surface area contributed by atoms with E-state index in [2.05, 4.69) is 5.32 Å². The molecule has 0 aliphatic heterocycles. The fourth-order valence-corrected chi connectivity index (χ4v) is 5.24. The molecule has 0 unspecified atom stereocenters. The molecule has 3 rings (SSSR count). The van der Waals surface area contributed by atoms with Gasteiger partial charge < -0.3 is 19.9 Å². The minimum atomic E-state index is -1.03. The minimum absolute atomic E-state index is 0.200. The van der Waals surface area contributed by atoms with E-state index in [1.165, 1.54) is 7.11 Å². The Morgan fingerprint density at radius 1 is 1.08 bits per heavy atom. The molecule has 0 aromatic heterocycles. The van der Waals surface area contributed by atoms with Crippen molar-refractivity contribution >= 4 is 41.0 Å². The first kappa shape index (κ1) is 27.8. The number of rotatable bonds is 9. The van der Waals surface area contributed by atoms with Crippen LogP contribution in [0.25, 0.3) is 0 Å². The van der Waals surface area contributed by atoms with Gasteiger partial charge in [-0.3, -0.25) is 9.59 Å². The van der Waals surface area contributed by atoms with E-state index in [9.17, 15) is 19.5 Å². The van der Waals surface area contributed by atoms with Crippen LogP contribution in [0.15, 0.2) is 42.5 Å². The molecule has 2 aromatic carbocycles. The number of methoxy groups -OCH3 is 1. The van der Waals surface area contributed by atoms with E-state index in [1.54, 1.807) is 63.2 Å². The van der Waals surface area contributed by atoms with Crippen molar-refractivity contribution in [3.05, 3.63) is 63.6 Å². The zero-order chi connectivity index (χ0) is 26.7. The smallest absolute Gasteiger partial charge is 0.328 e. The molecule has 0 saturated heterocycles. The Kier molecular flexibility index (Phi) is 8.57. The molecule has 0 radical (unpaired) electrons. The summed E-state index contributed by atoms with van der Waals surface area (Å²) < 4.78 is 10.7. The van der Waals surface area contributed by atoms with Gasteiger partial charge in [0.2, 0.25) is 5.91 Å². The van der Waals surface area contributed by atoms with Crippen LogP contribution in [0.3, 0.4) is 0 Å². The third-order valence-electron chi connectivity index (χ3n) is 7.63. The third kappa shape index (κ3) is 5.62. The predicted octanol–water partition coefficient (Wildman–Crippen LogP) is 5.30. The van der Waals surface area contributed by atoms with Gasteiger partial charge in [-0.2, -0.15) is 0 Å². The second-order valence-corrected chi connectivity index (χ2v) is 10.7. The summed E-state index contributed by atoms with van der Waals surface area (Å²) in [5.74, 6) is -1.80. The first-order valence-electron chi connectivity index (χ1n) is 11.7. The van der Waals surface area contributed by atoms with E-state index >= 15 is 0 Å². The Balaban J connectivity index is 1.67. The molecule has 0 heterocycles. The number of benzene rings is 2. The average Bonchev–Trinajstić information content (AvgIpc) is 3.08. The second-order valence-electron chi connectivity index (χ2n) is 9.87. The van der Waals surface area contributed by atoms with E-state index in [1.807, 2.05) is 0 Å². The highest BCUT2D eigenvalue weighted by molar-refractivity contribution is 6.35. The molecule has 36 heavy (non-hydrogen) atoms.